The fourth-order valence-corrected chi connectivity index (χ4v) is 6.28. The Bertz CT molecular complexity index is 1690. The molecule has 0 heterocycles. The van der Waals surface area contributed by atoms with Crippen LogP contribution in [-0.4, -0.2) is 0 Å². The van der Waals surface area contributed by atoms with Gasteiger partial charge >= 0.3 is 0 Å². The summed E-state index contributed by atoms with van der Waals surface area (Å²) in [4.78, 5) is 0. The molecular weight excluding hydrogens is 432 g/mol. The molecule has 0 N–H and O–H groups in total. The fraction of sp³-hybridized carbons (Fsp3) is 0.0556. The molecule has 0 aliphatic heterocycles. The monoisotopic (exact) mass is 458 g/mol. The third-order valence-electron chi connectivity index (χ3n) is 7.86. The molecule has 0 radical (unpaired) electrons. The van der Waals surface area contributed by atoms with Gasteiger partial charge in [-0.15, -0.1) is 0 Å². The molecule has 0 aromatic heterocycles. The maximum atomic E-state index is 2.45. The lowest BCUT2D eigenvalue weighted by molar-refractivity contribution is 0.769. The van der Waals surface area contributed by atoms with E-state index in [-0.39, 0.29) is 5.41 Å². The molecule has 0 saturated heterocycles. The fourth-order valence-electron chi connectivity index (χ4n) is 6.28. The number of hydrogen-bond donors (Lipinski definition) is 0. The topological polar surface area (TPSA) is 0 Å². The number of aryl methyl sites for hydroxylation is 1. The molecule has 0 heteroatoms. The lowest BCUT2D eigenvalue weighted by Crippen LogP contribution is -2.28. The van der Waals surface area contributed by atoms with Gasteiger partial charge in [-0.25, -0.2) is 0 Å². The summed E-state index contributed by atoms with van der Waals surface area (Å²) in [5.74, 6) is 0. The molecule has 0 nitrogen and oxygen atoms in total. The van der Waals surface area contributed by atoms with Gasteiger partial charge in [-0.05, 0) is 79.9 Å². The Hall–Kier alpha value is -4.42. The molecule has 36 heavy (non-hydrogen) atoms. The van der Waals surface area contributed by atoms with Gasteiger partial charge in [0.05, 0.1) is 5.41 Å². The largest absolute Gasteiger partial charge is 0.0713 e. The van der Waals surface area contributed by atoms with E-state index in [2.05, 4.69) is 146 Å². The molecular formula is C36H26. The highest BCUT2D eigenvalue weighted by Crippen LogP contribution is 2.56. The minimum atomic E-state index is -0.366. The molecule has 0 bridgehead atoms. The lowest BCUT2D eigenvalue weighted by atomic mass is 9.67. The predicted octanol–water partition coefficient (Wildman–Crippen LogP) is 9.18. The molecule has 0 fully saturated rings. The quantitative estimate of drug-likeness (QED) is 0.248. The van der Waals surface area contributed by atoms with Crippen LogP contribution in [0.1, 0.15) is 27.8 Å². The zero-order valence-electron chi connectivity index (χ0n) is 20.3. The highest BCUT2D eigenvalue weighted by atomic mass is 14.5. The van der Waals surface area contributed by atoms with E-state index >= 15 is 0 Å². The molecule has 0 spiro atoms. The highest BCUT2D eigenvalue weighted by molar-refractivity contribution is 5.92. The Balaban J connectivity index is 1.57. The van der Waals surface area contributed by atoms with E-state index in [1.807, 2.05) is 0 Å². The van der Waals surface area contributed by atoms with Crippen LogP contribution in [0, 0.1) is 6.92 Å². The highest BCUT2D eigenvalue weighted by Gasteiger charge is 2.46. The van der Waals surface area contributed by atoms with Crippen molar-refractivity contribution in [2.45, 2.75) is 12.3 Å². The third kappa shape index (κ3) is 2.94. The first-order valence-electron chi connectivity index (χ1n) is 12.6. The Labute approximate surface area is 212 Å². The zero-order valence-corrected chi connectivity index (χ0v) is 20.3. The van der Waals surface area contributed by atoms with Crippen LogP contribution < -0.4 is 0 Å². The summed E-state index contributed by atoms with van der Waals surface area (Å²) in [6.07, 6.45) is 0. The van der Waals surface area contributed by atoms with E-state index in [0.29, 0.717) is 0 Å². The number of hydrogen-bond acceptors (Lipinski definition) is 0. The summed E-state index contributed by atoms with van der Waals surface area (Å²) in [5, 5.41) is 2.56. The second kappa shape index (κ2) is 8.07. The number of rotatable bonds is 3. The van der Waals surface area contributed by atoms with Crippen molar-refractivity contribution in [2.24, 2.45) is 0 Å². The van der Waals surface area contributed by atoms with E-state index in [1.165, 1.54) is 60.8 Å². The van der Waals surface area contributed by atoms with E-state index < -0.39 is 0 Å². The summed E-state index contributed by atoms with van der Waals surface area (Å²) in [7, 11) is 0. The van der Waals surface area contributed by atoms with E-state index in [4.69, 9.17) is 0 Å². The van der Waals surface area contributed by atoms with Crippen molar-refractivity contribution >= 4 is 10.8 Å². The molecule has 7 rings (SSSR count). The standard InChI is InChI=1S/C36H26/c1-25-22-26-12-8-9-13-27(26)23-33(25)28-20-21-32-31-18-10-11-19-34(31)36(35(32)24-28,29-14-4-2-5-15-29)30-16-6-3-7-17-30/h2-24H,1H3. The van der Waals surface area contributed by atoms with Gasteiger partial charge in [0.2, 0.25) is 0 Å². The summed E-state index contributed by atoms with van der Waals surface area (Å²) in [6, 6.07) is 51.4. The van der Waals surface area contributed by atoms with Crippen molar-refractivity contribution in [3.8, 4) is 22.3 Å². The molecule has 0 atom stereocenters. The maximum Gasteiger partial charge on any atom is 0.0713 e. The summed E-state index contributed by atoms with van der Waals surface area (Å²) < 4.78 is 0. The maximum absolute atomic E-state index is 2.45. The van der Waals surface area contributed by atoms with E-state index in [1.54, 1.807) is 0 Å². The normalized spacial score (nSPS) is 13.4. The minimum absolute atomic E-state index is 0.366. The minimum Gasteiger partial charge on any atom is -0.0622 e. The molecule has 6 aromatic carbocycles. The zero-order chi connectivity index (χ0) is 24.1. The van der Waals surface area contributed by atoms with Crippen molar-refractivity contribution in [3.05, 3.63) is 167 Å². The Morgan fingerprint density at radius 2 is 0.972 bits per heavy atom. The van der Waals surface area contributed by atoms with Gasteiger partial charge in [0.15, 0.2) is 0 Å². The van der Waals surface area contributed by atoms with Crippen LogP contribution in [0.4, 0.5) is 0 Å². The van der Waals surface area contributed by atoms with Crippen LogP contribution >= 0.6 is 0 Å². The lowest BCUT2D eigenvalue weighted by Gasteiger charge is -2.34. The number of benzene rings is 6. The van der Waals surface area contributed by atoms with Crippen LogP contribution in [0.25, 0.3) is 33.0 Å². The van der Waals surface area contributed by atoms with Crippen molar-refractivity contribution in [1.82, 2.24) is 0 Å². The first kappa shape index (κ1) is 20.9. The van der Waals surface area contributed by atoms with E-state index in [9.17, 15) is 0 Å². The smallest absolute Gasteiger partial charge is 0.0622 e. The summed E-state index contributed by atoms with van der Waals surface area (Å²) in [6.45, 7) is 2.23. The molecule has 1 aliphatic rings. The van der Waals surface area contributed by atoms with Gasteiger partial charge in [-0.3, -0.25) is 0 Å². The van der Waals surface area contributed by atoms with Crippen molar-refractivity contribution in [1.29, 1.82) is 0 Å². The Morgan fingerprint density at radius 3 is 1.67 bits per heavy atom. The summed E-state index contributed by atoms with van der Waals surface area (Å²) >= 11 is 0. The van der Waals surface area contributed by atoms with Crippen molar-refractivity contribution < 1.29 is 0 Å². The van der Waals surface area contributed by atoms with Crippen LogP contribution in [0.3, 0.4) is 0 Å². The van der Waals surface area contributed by atoms with Gasteiger partial charge < -0.3 is 0 Å². The van der Waals surface area contributed by atoms with Crippen LogP contribution in [0.15, 0.2) is 140 Å². The first-order chi connectivity index (χ1) is 17.8. The molecule has 170 valence electrons. The molecule has 0 saturated carbocycles. The third-order valence-corrected chi connectivity index (χ3v) is 7.86. The van der Waals surface area contributed by atoms with Crippen LogP contribution in [0.2, 0.25) is 0 Å². The molecule has 0 unspecified atom stereocenters. The summed E-state index contributed by atoms with van der Waals surface area (Å²) in [5.41, 5.74) is 11.4. The van der Waals surface area contributed by atoms with Gasteiger partial charge in [-0.1, -0.05) is 127 Å². The Morgan fingerprint density at radius 1 is 0.417 bits per heavy atom. The first-order valence-corrected chi connectivity index (χ1v) is 12.6. The number of fused-ring (bicyclic) bond motifs is 4. The van der Waals surface area contributed by atoms with Gasteiger partial charge in [0.1, 0.15) is 0 Å². The average molecular weight is 459 g/mol. The van der Waals surface area contributed by atoms with Gasteiger partial charge in [0, 0.05) is 0 Å². The van der Waals surface area contributed by atoms with Crippen molar-refractivity contribution in [2.75, 3.05) is 0 Å². The molecule has 6 aromatic rings. The predicted molar refractivity (Wildman–Crippen MR) is 151 cm³/mol. The average Bonchev–Trinajstić information content (AvgIpc) is 3.24. The van der Waals surface area contributed by atoms with Gasteiger partial charge in [-0.2, -0.15) is 0 Å². The second-order valence-electron chi connectivity index (χ2n) is 9.80. The Kier molecular flexibility index (Phi) is 4.69. The van der Waals surface area contributed by atoms with Gasteiger partial charge in [0.25, 0.3) is 0 Å². The second-order valence-corrected chi connectivity index (χ2v) is 9.80. The molecule has 0 amide bonds. The SMILES string of the molecule is Cc1cc2ccccc2cc1-c1ccc2c(c1)C(c1ccccc1)(c1ccccc1)c1ccccc1-2. The van der Waals surface area contributed by atoms with E-state index in [0.717, 1.165) is 0 Å². The molecule has 1 aliphatic carbocycles. The van der Waals surface area contributed by atoms with Crippen LogP contribution in [0.5, 0.6) is 0 Å². The van der Waals surface area contributed by atoms with Crippen LogP contribution in [-0.2, 0) is 5.41 Å². The van der Waals surface area contributed by atoms with Crippen molar-refractivity contribution in [3.63, 3.8) is 0 Å².